The van der Waals surface area contributed by atoms with Gasteiger partial charge in [-0.25, -0.2) is 14.8 Å². The lowest BCUT2D eigenvalue weighted by Crippen LogP contribution is -2.38. The Balaban J connectivity index is 1.91. The molecule has 154 valence electrons. The number of piperidine rings is 1. The van der Waals surface area contributed by atoms with E-state index in [0.717, 1.165) is 11.3 Å². The number of hydrogen-bond donors (Lipinski definition) is 0. The molecule has 0 spiro atoms. The van der Waals surface area contributed by atoms with Gasteiger partial charge in [-0.3, -0.25) is 4.79 Å². The maximum absolute atomic E-state index is 12.4. The Hall–Kier alpha value is -3.16. The molecule has 0 radical (unpaired) electrons. The fourth-order valence-electron chi connectivity index (χ4n) is 3.34. The van der Waals surface area contributed by atoms with E-state index in [-0.39, 0.29) is 18.5 Å². The number of methoxy groups -OCH3 is 2. The Kier molecular flexibility index (Phi) is 6.64. The molecule has 8 nitrogen and oxygen atoms in total. The Morgan fingerprint density at radius 2 is 1.83 bits per heavy atom. The molecule has 1 aliphatic rings. The van der Waals surface area contributed by atoms with E-state index < -0.39 is 5.97 Å². The first-order chi connectivity index (χ1) is 14.1. The van der Waals surface area contributed by atoms with Gasteiger partial charge in [0.2, 0.25) is 0 Å². The van der Waals surface area contributed by atoms with Crippen LogP contribution in [-0.4, -0.2) is 55.8 Å². The average Bonchev–Trinajstić information content (AvgIpc) is 2.78. The van der Waals surface area contributed by atoms with Gasteiger partial charge >= 0.3 is 11.9 Å². The molecule has 0 aliphatic carbocycles. The van der Waals surface area contributed by atoms with E-state index in [4.69, 9.17) is 14.2 Å². The summed E-state index contributed by atoms with van der Waals surface area (Å²) in [6.07, 6.45) is 2.78. The number of benzene rings is 1. The van der Waals surface area contributed by atoms with Crippen molar-refractivity contribution in [2.45, 2.75) is 19.8 Å². The summed E-state index contributed by atoms with van der Waals surface area (Å²) in [7, 11) is 3.01. The van der Waals surface area contributed by atoms with Gasteiger partial charge in [0, 0.05) is 24.8 Å². The van der Waals surface area contributed by atoms with Crippen LogP contribution in [0.25, 0.3) is 11.4 Å². The summed E-state index contributed by atoms with van der Waals surface area (Å²) < 4.78 is 15.2. The van der Waals surface area contributed by atoms with E-state index in [2.05, 4.69) is 9.97 Å². The summed E-state index contributed by atoms with van der Waals surface area (Å²) in [6, 6.07) is 7.40. The zero-order valence-electron chi connectivity index (χ0n) is 16.9. The molecule has 0 saturated carbocycles. The molecule has 0 N–H and O–H groups in total. The molecular formula is C21H25N3O5. The Morgan fingerprint density at radius 3 is 2.41 bits per heavy atom. The molecule has 1 aromatic heterocycles. The summed E-state index contributed by atoms with van der Waals surface area (Å²) in [4.78, 5) is 35.3. The Morgan fingerprint density at radius 1 is 1.14 bits per heavy atom. The van der Waals surface area contributed by atoms with E-state index >= 15 is 0 Å². The summed E-state index contributed by atoms with van der Waals surface area (Å²) in [6.45, 7) is 3.20. The molecule has 2 aromatic rings. The molecule has 8 heteroatoms. The van der Waals surface area contributed by atoms with Crippen molar-refractivity contribution in [1.82, 2.24) is 9.97 Å². The van der Waals surface area contributed by atoms with Crippen molar-refractivity contribution in [1.29, 1.82) is 0 Å². The first kappa shape index (κ1) is 20.6. The van der Waals surface area contributed by atoms with Gasteiger partial charge in [-0.05, 0) is 44.0 Å². The number of rotatable bonds is 6. The van der Waals surface area contributed by atoms with E-state index in [1.54, 1.807) is 14.0 Å². The minimum atomic E-state index is -0.459. The van der Waals surface area contributed by atoms with Gasteiger partial charge in [0.1, 0.15) is 17.1 Å². The Labute approximate surface area is 169 Å². The maximum atomic E-state index is 12.4. The molecule has 3 rings (SSSR count). The quantitative estimate of drug-likeness (QED) is 0.685. The van der Waals surface area contributed by atoms with Crippen LogP contribution in [-0.2, 0) is 14.3 Å². The predicted octanol–water partition coefficient (Wildman–Crippen LogP) is 2.72. The highest BCUT2D eigenvalue weighted by Crippen LogP contribution is 2.28. The lowest BCUT2D eigenvalue weighted by atomic mass is 9.97. The molecule has 2 heterocycles. The number of esters is 2. The van der Waals surface area contributed by atoms with Crippen LogP contribution in [0, 0.1) is 5.92 Å². The highest BCUT2D eigenvalue weighted by atomic mass is 16.5. The van der Waals surface area contributed by atoms with E-state index in [9.17, 15) is 9.59 Å². The maximum Gasteiger partial charge on any atom is 0.343 e. The largest absolute Gasteiger partial charge is 0.497 e. The van der Waals surface area contributed by atoms with Crippen molar-refractivity contribution in [2.24, 2.45) is 5.92 Å². The minimum Gasteiger partial charge on any atom is -0.497 e. The van der Waals surface area contributed by atoms with Gasteiger partial charge in [-0.15, -0.1) is 0 Å². The number of carbonyl (C=O) groups is 2. The number of ether oxygens (including phenoxy) is 3. The minimum absolute atomic E-state index is 0.134. The van der Waals surface area contributed by atoms with E-state index in [1.165, 1.54) is 13.3 Å². The average molecular weight is 399 g/mol. The molecule has 29 heavy (non-hydrogen) atoms. The second-order valence-corrected chi connectivity index (χ2v) is 6.66. The van der Waals surface area contributed by atoms with Crippen molar-refractivity contribution < 1.29 is 23.8 Å². The van der Waals surface area contributed by atoms with E-state index in [1.807, 2.05) is 29.2 Å². The number of aromatic nitrogens is 2. The van der Waals surface area contributed by atoms with Crippen LogP contribution in [0.1, 0.15) is 30.1 Å². The lowest BCUT2D eigenvalue weighted by Gasteiger charge is -2.32. The second-order valence-electron chi connectivity index (χ2n) is 6.66. The lowest BCUT2D eigenvalue weighted by molar-refractivity contribution is -0.146. The van der Waals surface area contributed by atoms with Crippen LogP contribution < -0.4 is 9.64 Å². The molecule has 0 bridgehead atoms. The van der Waals surface area contributed by atoms with E-state index in [0.29, 0.717) is 43.1 Å². The smallest absolute Gasteiger partial charge is 0.343 e. The zero-order valence-corrected chi connectivity index (χ0v) is 16.9. The second kappa shape index (κ2) is 9.36. The topological polar surface area (TPSA) is 90.9 Å². The fourth-order valence-corrected chi connectivity index (χ4v) is 3.34. The third-order valence-electron chi connectivity index (χ3n) is 4.94. The van der Waals surface area contributed by atoms with Gasteiger partial charge in [0.05, 0.1) is 26.7 Å². The van der Waals surface area contributed by atoms with Crippen LogP contribution in [0.4, 0.5) is 5.82 Å². The monoisotopic (exact) mass is 399 g/mol. The molecule has 1 fully saturated rings. The SMILES string of the molecule is CCOC(=O)c1cnc(-c2ccc(OC)cc2)nc1N1CCC(C(=O)OC)CC1. The highest BCUT2D eigenvalue weighted by molar-refractivity contribution is 5.95. The van der Waals surface area contributed by atoms with Gasteiger partial charge < -0.3 is 19.1 Å². The normalized spacial score (nSPS) is 14.4. The van der Waals surface area contributed by atoms with Crippen molar-refractivity contribution in [3.63, 3.8) is 0 Å². The summed E-state index contributed by atoms with van der Waals surface area (Å²) in [5.41, 5.74) is 1.13. The van der Waals surface area contributed by atoms with Gasteiger partial charge in [0.15, 0.2) is 5.82 Å². The highest BCUT2D eigenvalue weighted by Gasteiger charge is 2.29. The molecule has 1 aromatic carbocycles. The number of hydrogen-bond acceptors (Lipinski definition) is 8. The summed E-state index contributed by atoms with van der Waals surface area (Å²) >= 11 is 0. The molecule has 0 amide bonds. The van der Waals surface area contributed by atoms with Crippen molar-refractivity contribution in [3.8, 4) is 17.1 Å². The third-order valence-corrected chi connectivity index (χ3v) is 4.94. The fraction of sp³-hybridized carbons (Fsp3) is 0.429. The number of anilines is 1. The van der Waals surface area contributed by atoms with Crippen LogP contribution in [0.3, 0.4) is 0 Å². The van der Waals surface area contributed by atoms with Crippen molar-refractivity contribution in [3.05, 3.63) is 36.0 Å². The van der Waals surface area contributed by atoms with Crippen LogP contribution in [0.5, 0.6) is 5.75 Å². The predicted molar refractivity (Wildman–Crippen MR) is 107 cm³/mol. The first-order valence-electron chi connectivity index (χ1n) is 9.58. The molecule has 0 unspecified atom stereocenters. The van der Waals surface area contributed by atoms with Crippen molar-refractivity contribution >= 4 is 17.8 Å². The summed E-state index contributed by atoms with van der Waals surface area (Å²) in [5.74, 6) is 0.973. The molecular weight excluding hydrogens is 374 g/mol. The molecule has 1 saturated heterocycles. The molecule has 0 atom stereocenters. The first-order valence-corrected chi connectivity index (χ1v) is 9.58. The third kappa shape index (κ3) is 4.64. The van der Waals surface area contributed by atoms with Crippen molar-refractivity contribution in [2.75, 3.05) is 38.8 Å². The van der Waals surface area contributed by atoms with Crippen LogP contribution in [0.2, 0.25) is 0 Å². The van der Waals surface area contributed by atoms with Crippen LogP contribution in [0.15, 0.2) is 30.5 Å². The zero-order chi connectivity index (χ0) is 20.8. The van der Waals surface area contributed by atoms with Gasteiger partial charge in [0.25, 0.3) is 0 Å². The summed E-state index contributed by atoms with van der Waals surface area (Å²) in [5, 5.41) is 0. The standard InChI is InChI=1S/C21H25N3O5/c1-4-29-21(26)17-13-22-18(14-5-7-16(27-2)8-6-14)23-19(17)24-11-9-15(10-12-24)20(25)28-3/h5-8,13,15H,4,9-12H2,1-3H3. The number of nitrogens with zero attached hydrogens (tertiary/aromatic N) is 3. The number of carbonyl (C=O) groups excluding carboxylic acids is 2. The van der Waals surface area contributed by atoms with Gasteiger partial charge in [-0.2, -0.15) is 0 Å². The van der Waals surface area contributed by atoms with Gasteiger partial charge in [-0.1, -0.05) is 0 Å². The molecule has 1 aliphatic heterocycles. The van der Waals surface area contributed by atoms with Crippen LogP contribution >= 0.6 is 0 Å². The Bertz CT molecular complexity index is 861.